The largest absolute Gasteiger partial charge is 0.393 e. The third-order valence-corrected chi connectivity index (χ3v) is 1.79. The van der Waals surface area contributed by atoms with Crippen molar-refractivity contribution in [2.24, 2.45) is 0 Å². The van der Waals surface area contributed by atoms with Crippen LogP contribution in [0.15, 0.2) is 18.3 Å². The number of aliphatic hydroxyl groups is 1. The summed E-state index contributed by atoms with van der Waals surface area (Å²) >= 11 is 0. The second-order valence-electron chi connectivity index (χ2n) is 3.21. The van der Waals surface area contributed by atoms with Crippen LogP contribution >= 0.6 is 0 Å². The van der Waals surface area contributed by atoms with Gasteiger partial charge in [-0.15, -0.1) is 0 Å². The number of aryl methyl sites for hydroxylation is 2. The zero-order valence-electron chi connectivity index (χ0n) is 7.62. The Morgan fingerprint density at radius 1 is 1.58 bits per heavy atom. The summed E-state index contributed by atoms with van der Waals surface area (Å²) in [5, 5.41) is 9.06. The third kappa shape index (κ3) is 3.01. The molecule has 0 aliphatic heterocycles. The average molecular weight is 165 g/mol. The summed E-state index contributed by atoms with van der Waals surface area (Å²) in [5.41, 5.74) is 2.29. The highest BCUT2D eigenvalue weighted by Crippen LogP contribution is 2.04. The third-order valence-electron chi connectivity index (χ3n) is 1.79. The van der Waals surface area contributed by atoms with E-state index >= 15 is 0 Å². The Balaban J connectivity index is 2.52. The summed E-state index contributed by atoms with van der Waals surface area (Å²) in [7, 11) is 0. The number of aromatic nitrogens is 1. The topological polar surface area (TPSA) is 33.1 Å². The molecular weight excluding hydrogens is 150 g/mol. The van der Waals surface area contributed by atoms with Gasteiger partial charge in [0, 0.05) is 11.9 Å². The molecule has 1 heterocycles. The van der Waals surface area contributed by atoms with Crippen LogP contribution in [-0.4, -0.2) is 16.2 Å². The molecule has 0 saturated heterocycles. The Bertz CT molecular complexity index is 245. The van der Waals surface area contributed by atoms with E-state index in [4.69, 9.17) is 5.11 Å². The van der Waals surface area contributed by atoms with Crippen molar-refractivity contribution in [1.82, 2.24) is 4.98 Å². The second kappa shape index (κ2) is 4.21. The first-order valence-electron chi connectivity index (χ1n) is 4.28. The zero-order chi connectivity index (χ0) is 8.97. The lowest BCUT2D eigenvalue weighted by Gasteiger charge is -2.03. The summed E-state index contributed by atoms with van der Waals surface area (Å²) in [6, 6.07) is 4.04. The lowest BCUT2D eigenvalue weighted by molar-refractivity contribution is 0.184. The molecule has 1 atom stereocenters. The molecular formula is C10H15NO. The van der Waals surface area contributed by atoms with E-state index in [0.29, 0.717) is 0 Å². The van der Waals surface area contributed by atoms with Crippen LogP contribution in [0, 0.1) is 6.92 Å². The van der Waals surface area contributed by atoms with Gasteiger partial charge < -0.3 is 5.11 Å². The van der Waals surface area contributed by atoms with Gasteiger partial charge in [-0.1, -0.05) is 0 Å². The maximum atomic E-state index is 9.06. The molecule has 1 rings (SSSR count). The second-order valence-corrected chi connectivity index (χ2v) is 3.21. The number of pyridine rings is 1. The van der Waals surface area contributed by atoms with E-state index in [1.165, 1.54) is 5.56 Å². The number of hydrogen-bond acceptors (Lipinski definition) is 2. The molecule has 0 radical (unpaired) electrons. The molecule has 0 spiro atoms. The molecule has 0 bridgehead atoms. The molecule has 0 aliphatic carbocycles. The Hall–Kier alpha value is -0.890. The van der Waals surface area contributed by atoms with E-state index in [-0.39, 0.29) is 6.10 Å². The van der Waals surface area contributed by atoms with Crippen LogP contribution in [0.4, 0.5) is 0 Å². The summed E-state index contributed by atoms with van der Waals surface area (Å²) in [6.07, 6.45) is 3.23. The lowest BCUT2D eigenvalue weighted by atomic mass is 10.1. The van der Waals surface area contributed by atoms with Gasteiger partial charge in [-0.2, -0.15) is 0 Å². The fourth-order valence-corrected chi connectivity index (χ4v) is 1.09. The molecule has 12 heavy (non-hydrogen) atoms. The molecule has 0 aromatic carbocycles. The Kier molecular flexibility index (Phi) is 3.23. The lowest BCUT2D eigenvalue weighted by Crippen LogP contribution is -2.02. The minimum atomic E-state index is -0.229. The Labute approximate surface area is 73.3 Å². The van der Waals surface area contributed by atoms with Crippen molar-refractivity contribution in [3.05, 3.63) is 29.6 Å². The summed E-state index contributed by atoms with van der Waals surface area (Å²) in [5.74, 6) is 0. The Morgan fingerprint density at radius 3 is 2.92 bits per heavy atom. The van der Waals surface area contributed by atoms with E-state index in [1.54, 1.807) is 6.92 Å². The molecule has 1 unspecified atom stereocenters. The highest BCUT2D eigenvalue weighted by molar-refractivity contribution is 5.14. The normalized spacial score (nSPS) is 12.9. The van der Waals surface area contributed by atoms with Crippen LogP contribution < -0.4 is 0 Å². The van der Waals surface area contributed by atoms with Gasteiger partial charge in [-0.3, -0.25) is 4.98 Å². The van der Waals surface area contributed by atoms with Gasteiger partial charge in [0.15, 0.2) is 0 Å². The van der Waals surface area contributed by atoms with Crippen LogP contribution in [0.25, 0.3) is 0 Å². The van der Waals surface area contributed by atoms with Crippen molar-refractivity contribution >= 4 is 0 Å². The summed E-state index contributed by atoms with van der Waals surface area (Å²) in [6.45, 7) is 3.85. The first kappa shape index (κ1) is 9.20. The first-order valence-corrected chi connectivity index (χ1v) is 4.28. The number of hydrogen-bond donors (Lipinski definition) is 1. The average Bonchev–Trinajstić information content (AvgIpc) is 2.01. The van der Waals surface area contributed by atoms with Gasteiger partial charge in [0.25, 0.3) is 0 Å². The van der Waals surface area contributed by atoms with E-state index < -0.39 is 0 Å². The maximum Gasteiger partial charge on any atom is 0.0515 e. The van der Waals surface area contributed by atoms with Crippen molar-refractivity contribution in [3.8, 4) is 0 Å². The van der Waals surface area contributed by atoms with Crippen molar-refractivity contribution in [3.63, 3.8) is 0 Å². The molecule has 1 aromatic heterocycles. The SMILES string of the molecule is Cc1ccnc(CCC(C)O)c1. The molecule has 0 aliphatic rings. The van der Waals surface area contributed by atoms with Crippen molar-refractivity contribution < 1.29 is 5.11 Å². The minimum Gasteiger partial charge on any atom is -0.393 e. The van der Waals surface area contributed by atoms with Crippen molar-refractivity contribution in [1.29, 1.82) is 0 Å². The maximum absolute atomic E-state index is 9.06. The van der Waals surface area contributed by atoms with E-state index in [9.17, 15) is 0 Å². The Morgan fingerprint density at radius 2 is 2.33 bits per heavy atom. The summed E-state index contributed by atoms with van der Waals surface area (Å²) < 4.78 is 0. The number of aliphatic hydroxyl groups excluding tert-OH is 1. The molecule has 1 aromatic rings. The van der Waals surface area contributed by atoms with Crippen LogP contribution in [0.3, 0.4) is 0 Å². The minimum absolute atomic E-state index is 0.229. The first-order chi connectivity index (χ1) is 5.68. The number of rotatable bonds is 3. The molecule has 66 valence electrons. The molecule has 0 amide bonds. The van der Waals surface area contributed by atoms with E-state index in [1.807, 2.05) is 19.2 Å². The van der Waals surface area contributed by atoms with Crippen LogP contribution in [-0.2, 0) is 6.42 Å². The van der Waals surface area contributed by atoms with Crippen molar-refractivity contribution in [2.75, 3.05) is 0 Å². The molecule has 0 saturated carbocycles. The fourth-order valence-electron chi connectivity index (χ4n) is 1.09. The van der Waals surface area contributed by atoms with Crippen molar-refractivity contribution in [2.45, 2.75) is 32.8 Å². The fraction of sp³-hybridized carbons (Fsp3) is 0.500. The van der Waals surface area contributed by atoms with Gasteiger partial charge in [-0.25, -0.2) is 0 Å². The highest BCUT2D eigenvalue weighted by Gasteiger charge is 1.98. The monoisotopic (exact) mass is 165 g/mol. The van der Waals surface area contributed by atoms with Gasteiger partial charge in [0.05, 0.1) is 6.10 Å². The zero-order valence-corrected chi connectivity index (χ0v) is 7.62. The molecule has 1 N–H and O–H groups in total. The smallest absolute Gasteiger partial charge is 0.0515 e. The molecule has 0 fully saturated rings. The molecule has 2 nitrogen and oxygen atoms in total. The van der Waals surface area contributed by atoms with Crippen LogP contribution in [0.2, 0.25) is 0 Å². The van der Waals surface area contributed by atoms with E-state index in [2.05, 4.69) is 11.1 Å². The predicted molar refractivity (Wildman–Crippen MR) is 49.0 cm³/mol. The highest BCUT2D eigenvalue weighted by atomic mass is 16.3. The predicted octanol–water partition coefficient (Wildman–Crippen LogP) is 1.70. The van der Waals surface area contributed by atoms with Gasteiger partial charge in [0.2, 0.25) is 0 Å². The van der Waals surface area contributed by atoms with Crippen LogP contribution in [0.1, 0.15) is 24.6 Å². The number of nitrogens with zero attached hydrogens (tertiary/aromatic N) is 1. The van der Waals surface area contributed by atoms with Gasteiger partial charge in [-0.05, 0) is 44.4 Å². The van der Waals surface area contributed by atoms with Gasteiger partial charge >= 0.3 is 0 Å². The quantitative estimate of drug-likeness (QED) is 0.739. The summed E-state index contributed by atoms with van der Waals surface area (Å²) in [4.78, 5) is 4.20. The van der Waals surface area contributed by atoms with Crippen LogP contribution in [0.5, 0.6) is 0 Å². The standard InChI is InChI=1S/C10H15NO/c1-8-5-6-11-10(7-8)4-3-9(2)12/h5-7,9,12H,3-4H2,1-2H3. The van der Waals surface area contributed by atoms with E-state index in [0.717, 1.165) is 18.5 Å². The molecule has 2 heteroatoms. The van der Waals surface area contributed by atoms with Gasteiger partial charge in [0.1, 0.15) is 0 Å².